The highest BCUT2D eigenvalue weighted by molar-refractivity contribution is 7.90. The molecule has 0 spiro atoms. The molecule has 2 aromatic carbocycles. The number of aryl methyl sites for hydroxylation is 2. The van der Waals surface area contributed by atoms with Gasteiger partial charge in [-0.2, -0.15) is 0 Å². The summed E-state index contributed by atoms with van der Waals surface area (Å²) in [5.41, 5.74) is 2.75. The van der Waals surface area contributed by atoms with Crippen molar-refractivity contribution in [2.75, 3.05) is 11.6 Å². The molecule has 136 valence electrons. The Kier molecular flexibility index (Phi) is 4.87. The monoisotopic (exact) mass is 371 g/mol. The van der Waals surface area contributed by atoms with Crippen LogP contribution in [0.4, 0.5) is 5.69 Å². The number of anilines is 1. The van der Waals surface area contributed by atoms with Crippen LogP contribution in [0.5, 0.6) is 0 Å². The second-order valence-electron chi connectivity index (χ2n) is 6.33. The maximum atomic E-state index is 12.5. The summed E-state index contributed by atoms with van der Waals surface area (Å²) in [6, 6.07) is 12.5. The van der Waals surface area contributed by atoms with Crippen LogP contribution >= 0.6 is 0 Å². The van der Waals surface area contributed by atoms with Crippen LogP contribution in [0.3, 0.4) is 0 Å². The summed E-state index contributed by atoms with van der Waals surface area (Å²) in [5, 5.41) is 3.72. The minimum Gasteiger partial charge on any atom is -0.461 e. The number of carbonyl (C=O) groups is 1. The maximum Gasteiger partial charge on any atom is 0.228 e. The van der Waals surface area contributed by atoms with Gasteiger partial charge in [-0.05, 0) is 30.7 Å². The number of fused-ring (bicyclic) bond motifs is 1. The third-order valence-corrected chi connectivity index (χ3v) is 5.55. The van der Waals surface area contributed by atoms with Gasteiger partial charge in [-0.1, -0.05) is 31.2 Å². The van der Waals surface area contributed by atoms with Crippen molar-refractivity contribution < 1.29 is 17.6 Å². The van der Waals surface area contributed by atoms with Gasteiger partial charge in [0, 0.05) is 29.3 Å². The smallest absolute Gasteiger partial charge is 0.228 e. The molecule has 0 saturated carbocycles. The molecule has 1 heterocycles. The number of sulfone groups is 1. The average Bonchev–Trinajstić information content (AvgIpc) is 2.93. The van der Waals surface area contributed by atoms with Crippen molar-refractivity contribution in [2.24, 2.45) is 0 Å². The fourth-order valence-electron chi connectivity index (χ4n) is 3.07. The van der Waals surface area contributed by atoms with Crippen molar-refractivity contribution in [1.29, 1.82) is 0 Å². The normalized spacial score (nSPS) is 11.7. The van der Waals surface area contributed by atoms with E-state index in [0.29, 0.717) is 17.7 Å². The molecule has 0 aliphatic heterocycles. The van der Waals surface area contributed by atoms with Crippen molar-refractivity contribution in [3.8, 4) is 0 Å². The molecular weight excluding hydrogens is 350 g/mol. The van der Waals surface area contributed by atoms with E-state index in [9.17, 15) is 13.2 Å². The largest absolute Gasteiger partial charge is 0.461 e. The van der Waals surface area contributed by atoms with Crippen molar-refractivity contribution in [3.05, 3.63) is 59.4 Å². The van der Waals surface area contributed by atoms with E-state index < -0.39 is 9.84 Å². The molecule has 1 N–H and O–H groups in total. The van der Waals surface area contributed by atoms with Crippen molar-refractivity contribution in [3.63, 3.8) is 0 Å². The molecule has 1 amide bonds. The molecule has 0 bridgehead atoms. The predicted molar refractivity (Wildman–Crippen MR) is 102 cm³/mol. The fourth-order valence-corrected chi connectivity index (χ4v) is 4.07. The molecule has 3 rings (SSSR count). The first-order valence-corrected chi connectivity index (χ1v) is 10.3. The SMILES string of the molecule is CCc1oc2ccccc2c1CC(=O)Nc1ccc(C)c(S(C)(=O)=O)c1. The Bertz CT molecular complexity index is 1080. The van der Waals surface area contributed by atoms with Crippen LogP contribution < -0.4 is 5.32 Å². The first-order chi connectivity index (χ1) is 12.3. The van der Waals surface area contributed by atoms with Crippen molar-refractivity contribution in [2.45, 2.75) is 31.6 Å². The summed E-state index contributed by atoms with van der Waals surface area (Å²) in [4.78, 5) is 12.8. The number of hydrogen-bond acceptors (Lipinski definition) is 4. The zero-order chi connectivity index (χ0) is 18.9. The summed E-state index contributed by atoms with van der Waals surface area (Å²) in [7, 11) is -3.35. The van der Waals surface area contributed by atoms with E-state index >= 15 is 0 Å². The lowest BCUT2D eigenvalue weighted by Crippen LogP contribution is -2.15. The van der Waals surface area contributed by atoms with E-state index in [1.807, 2.05) is 31.2 Å². The highest BCUT2D eigenvalue weighted by Gasteiger charge is 2.17. The summed E-state index contributed by atoms with van der Waals surface area (Å²) in [6.45, 7) is 3.71. The molecule has 0 fully saturated rings. The molecule has 0 atom stereocenters. The molecule has 0 aliphatic rings. The molecular formula is C20H21NO4S. The third kappa shape index (κ3) is 3.65. The number of furan rings is 1. The number of amides is 1. The number of hydrogen-bond donors (Lipinski definition) is 1. The van der Waals surface area contributed by atoms with Crippen molar-refractivity contribution >= 4 is 32.4 Å². The molecule has 5 nitrogen and oxygen atoms in total. The van der Waals surface area contributed by atoms with E-state index in [4.69, 9.17) is 4.42 Å². The van der Waals surface area contributed by atoms with Gasteiger partial charge < -0.3 is 9.73 Å². The molecule has 1 aromatic heterocycles. The highest BCUT2D eigenvalue weighted by Crippen LogP contribution is 2.27. The molecule has 0 unspecified atom stereocenters. The van der Waals surface area contributed by atoms with E-state index in [2.05, 4.69) is 5.32 Å². The maximum absolute atomic E-state index is 12.5. The van der Waals surface area contributed by atoms with E-state index in [1.54, 1.807) is 19.1 Å². The number of benzene rings is 2. The topological polar surface area (TPSA) is 76.4 Å². The Morgan fingerprint density at radius 1 is 1.15 bits per heavy atom. The van der Waals surface area contributed by atoms with E-state index in [1.165, 1.54) is 6.07 Å². The second kappa shape index (κ2) is 6.96. The summed E-state index contributed by atoms with van der Waals surface area (Å²) in [6.07, 6.45) is 2.02. The first kappa shape index (κ1) is 18.2. The lowest BCUT2D eigenvalue weighted by atomic mass is 10.1. The number of para-hydroxylation sites is 1. The first-order valence-electron chi connectivity index (χ1n) is 8.39. The van der Waals surface area contributed by atoms with Gasteiger partial charge in [-0.3, -0.25) is 4.79 Å². The standard InChI is InChI=1S/C20H21NO4S/c1-4-17-16(15-7-5-6-8-18(15)25-17)12-20(22)21-14-10-9-13(2)19(11-14)26(3,23)24/h5-11H,4,12H2,1-3H3,(H,21,22). The molecule has 0 saturated heterocycles. The zero-order valence-corrected chi connectivity index (χ0v) is 15.8. The number of carbonyl (C=O) groups excluding carboxylic acids is 1. The van der Waals surface area contributed by atoms with Gasteiger partial charge in [0.2, 0.25) is 5.91 Å². The Morgan fingerprint density at radius 3 is 2.58 bits per heavy atom. The molecule has 3 aromatic rings. The Balaban J connectivity index is 1.87. The van der Waals surface area contributed by atoms with Gasteiger partial charge in [-0.25, -0.2) is 8.42 Å². The van der Waals surface area contributed by atoms with Crippen LogP contribution in [0.15, 0.2) is 51.8 Å². The second-order valence-corrected chi connectivity index (χ2v) is 8.32. The lowest BCUT2D eigenvalue weighted by molar-refractivity contribution is -0.115. The van der Waals surface area contributed by atoms with Gasteiger partial charge >= 0.3 is 0 Å². The van der Waals surface area contributed by atoms with Gasteiger partial charge in [0.25, 0.3) is 0 Å². The van der Waals surface area contributed by atoms with Crippen LogP contribution in [0.25, 0.3) is 11.0 Å². The minimum absolute atomic E-state index is 0.169. The van der Waals surface area contributed by atoms with Crippen LogP contribution in [0, 0.1) is 6.92 Å². The average molecular weight is 371 g/mol. The molecule has 0 aliphatic carbocycles. The van der Waals surface area contributed by atoms with Gasteiger partial charge in [0.1, 0.15) is 11.3 Å². The van der Waals surface area contributed by atoms with Gasteiger partial charge in [0.05, 0.1) is 11.3 Å². The highest BCUT2D eigenvalue weighted by atomic mass is 32.2. The van der Waals surface area contributed by atoms with Crippen LogP contribution in [-0.2, 0) is 27.5 Å². The van der Waals surface area contributed by atoms with E-state index in [0.717, 1.165) is 28.5 Å². The Morgan fingerprint density at radius 2 is 1.88 bits per heavy atom. The number of nitrogens with one attached hydrogen (secondary N) is 1. The Labute approximate surface area is 152 Å². The fraction of sp³-hybridized carbons (Fsp3) is 0.250. The molecule has 0 radical (unpaired) electrons. The summed E-state index contributed by atoms with van der Waals surface area (Å²) in [5.74, 6) is 0.580. The van der Waals surface area contributed by atoms with Gasteiger partial charge in [-0.15, -0.1) is 0 Å². The predicted octanol–water partition coefficient (Wildman–Crippen LogP) is 3.89. The van der Waals surface area contributed by atoms with E-state index in [-0.39, 0.29) is 17.2 Å². The minimum atomic E-state index is -3.35. The van der Waals surface area contributed by atoms with Crippen molar-refractivity contribution in [1.82, 2.24) is 0 Å². The van der Waals surface area contributed by atoms with Crippen LogP contribution in [-0.4, -0.2) is 20.6 Å². The zero-order valence-electron chi connectivity index (χ0n) is 15.0. The quantitative estimate of drug-likeness (QED) is 0.738. The number of rotatable bonds is 5. The third-order valence-electron chi connectivity index (χ3n) is 4.31. The summed E-state index contributed by atoms with van der Waals surface area (Å²) >= 11 is 0. The lowest BCUT2D eigenvalue weighted by Gasteiger charge is -2.09. The van der Waals surface area contributed by atoms with Gasteiger partial charge in [0.15, 0.2) is 9.84 Å². The molecule has 26 heavy (non-hydrogen) atoms. The Hall–Kier alpha value is -2.60. The summed E-state index contributed by atoms with van der Waals surface area (Å²) < 4.78 is 29.5. The van der Waals surface area contributed by atoms with Crippen LogP contribution in [0.1, 0.15) is 23.8 Å². The van der Waals surface area contributed by atoms with Crippen LogP contribution in [0.2, 0.25) is 0 Å². The molecule has 6 heteroatoms.